The van der Waals surface area contributed by atoms with Crippen molar-refractivity contribution in [1.29, 1.82) is 0 Å². The van der Waals surface area contributed by atoms with Gasteiger partial charge in [-0.05, 0) is 31.2 Å². The molecule has 20 heavy (non-hydrogen) atoms. The first-order chi connectivity index (χ1) is 9.26. The van der Waals surface area contributed by atoms with Crippen LogP contribution in [0.15, 0.2) is 49.1 Å². The summed E-state index contributed by atoms with van der Waals surface area (Å²) in [6.07, 6.45) is 7.73. The van der Waals surface area contributed by atoms with Crippen molar-refractivity contribution in [3.63, 3.8) is 0 Å². The first-order valence-corrected chi connectivity index (χ1v) is 7.38. The maximum absolute atomic E-state index is 2.33. The van der Waals surface area contributed by atoms with Gasteiger partial charge in [-0.2, -0.15) is 0 Å². The lowest BCUT2D eigenvalue weighted by Crippen LogP contribution is -2.35. The van der Waals surface area contributed by atoms with E-state index in [-0.39, 0.29) is 5.54 Å². The molecule has 0 N–H and O–H groups in total. The summed E-state index contributed by atoms with van der Waals surface area (Å²) >= 11 is 0. The second kappa shape index (κ2) is 5.43. The maximum Gasteiger partial charge on any atom is 0.244 e. The van der Waals surface area contributed by atoms with Gasteiger partial charge in [-0.3, -0.25) is 0 Å². The van der Waals surface area contributed by atoms with E-state index in [2.05, 4.69) is 92.8 Å². The summed E-state index contributed by atoms with van der Waals surface area (Å²) in [6.45, 7) is 12.5. The molecule has 0 bridgehead atoms. The van der Waals surface area contributed by atoms with Crippen molar-refractivity contribution in [3.8, 4) is 0 Å². The highest BCUT2D eigenvalue weighted by Crippen LogP contribution is 2.31. The average molecular weight is 271 g/mol. The van der Waals surface area contributed by atoms with Crippen LogP contribution >= 0.6 is 0 Å². The van der Waals surface area contributed by atoms with Crippen LogP contribution in [0.25, 0.3) is 0 Å². The van der Waals surface area contributed by atoms with Crippen molar-refractivity contribution in [2.24, 2.45) is 5.41 Å². The fourth-order valence-electron chi connectivity index (χ4n) is 3.03. The summed E-state index contributed by atoms with van der Waals surface area (Å²) in [5.74, 6) is 0. The number of rotatable bonds is 4. The highest BCUT2D eigenvalue weighted by atomic mass is 15.1. The van der Waals surface area contributed by atoms with Crippen molar-refractivity contribution < 1.29 is 4.57 Å². The van der Waals surface area contributed by atoms with Gasteiger partial charge in [-0.1, -0.05) is 51.1 Å². The van der Waals surface area contributed by atoms with Gasteiger partial charge >= 0.3 is 0 Å². The minimum atomic E-state index is 0.139. The van der Waals surface area contributed by atoms with Gasteiger partial charge in [0.2, 0.25) is 6.33 Å². The molecule has 0 saturated carbocycles. The largest absolute Gasteiger partial charge is 0.244 e. The Morgan fingerprint density at radius 1 is 1.00 bits per heavy atom. The van der Waals surface area contributed by atoms with Crippen LogP contribution in [0.5, 0.6) is 0 Å². The summed E-state index contributed by atoms with van der Waals surface area (Å²) in [5, 5.41) is 0. The number of nitrogens with zero attached hydrogens (tertiary/aromatic N) is 2. The molecule has 2 heteroatoms. The van der Waals surface area contributed by atoms with Gasteiger partial charge in [-0.15, -0.1) is 0 Å². The van der Waals surface area contributed by atoms with Gasteiger partial charge in [0.05, 0.1) is 0 Å². The summed E-state index contributed by atoms with van der Waals surface area (Å²) in [7, 11) is 0. The van der Waals surface area contributed by atoms with Gasteiger partial charge in [0.25, 0.3) is 0 Å². The first-order valence-electron chi connectivity index (χ1n) is 7.38. The fraction of sp³-hybridized carbons (Fsp3) is 0.500. The standard InChI is InChI=1S/C18H27N2/c1-17(2,3)14-18(4,5)20-12-11-19(15-20)13-16-9-7-6-8-10-16/h6-12,15H,13-14H2,1-5H3/q+1. The molecule has 0 aliphatic heterocycles. The smallest absolute Gasteiger partial charge is 0.233 e. The quantitative estimate of drug-likeness (QED) is 0.743. The van der Waals surface area contributed by atoms with Crippen LogP contribution in [0.1, 0.15) is 46.6 Å². The van der Waals surface area contributed by atoms with Crippen molar-refractivity contribution >= 4 is 0 Å². The van der Waals surface area contributed by atoms with E-state index >= 15 is 0 Å². The number of hydrogen-bond donors (Lipinski definition) is 0. The van der Waals surface area contributed by atoms with Crippen LogP contribution in [0.2, 0.25) is 0 Å². The number of hydrogen-bond acceptors (Lipinski definition) is 0. The molecule has 0 atom stereocenters. The lowest BCUT2D eigenvalue weighted by Gasteiger charge is -2.29. The molecule has 1 aromatic heterocycles. The van der Waals surface area contributed by atoms with Crippen LogP contribution in [0, 0.1) is 5.41 Å². The highest BCUT2D eigenvalue weighted by molar-refractivity contribution is 5.13. The van der Waals surface area contributed by atoms with E-state index in [0.717, 1.165) is 13.0 Å². The predicted octanol–water partition coefficient (Wildman–Crippen LogP) is 4.00. The maximum atomic E-state index is 2.33. The van der Waals surface area contributed by atoms with Gasteiger partial charge < -0.3 is 0 Å². The van der Waals surface area contributed by atoms with E-state index in [0.29, 0.717) is 5.41 Å². The molecule has 2 aromatic rings. The molecule has 0 aliphatic carbocycles. The normalized spacial score (nSPS) is 12.7. The minimum absolute atomic E-state index is 0.139. The van der Waals surface area contributed by atoms with E-state index < -0.39 is 0 Å². The Morgan fingerprint density at radius 3 is 2.25 bits per heavy atom. The lowest BCUT2D eigenvalue weighted by molar-refractivity contribution is -0.688. The summed E-state index contributed by atoms with van der Waals surface area (Å²) in [6, 6.07) is 10.6. The first kappa shape index (κ1) is 14.8. The van der Waals surface area contributed by atoms with E-state index in [4.69, 9.17) is 0 Å². The van der Waals surface area contributed by atoms with Crippen molar-refractivity contribution in [2.75, 3.05) is 0 Å². The predicted molar refractivity (Wildman–Crippen MR) is 83.6 cm³/mol. The summed E-state index contributed by atoms with van der Waals surface area (Å²) in [4.78, 5) is 0. The van der Waals surface area contributed by atoms with Gasteiger partial charge in [-0.25, -0.2) is 9.13 Å². The van der Waals surface area contributed by atoms with Crippen LogP contribution in [-0.4, -0.2) is 4.57 Å². The molecule has 1 heterocycles. The Hall–Kier alpha value is -1.57. The Bertz CT molecular complexity index is 544. The topological polar surface area (TPSA) is 8.81 Å². The molecule has 1 aromatic carbocycles. The molecule has 0 saturated heterocycles. The second-order valence-corrected chi connectivity index (χ2v) is 7.53. The molecular weight excluding hydrogens is 244 g/mol. The Labute approximate surface area is 123 Å². The van der Waals surface area contributed by atoms with Crippen LogP contribution < -0.4 is 4.57 Å². The molecule has 0 amide bonds. The van der Waals surface area contributed by atoms with Crippen LogP contribution in [-0.2, 0) is 12.1 Å². The zero-order valence-electron chi connectivity index (χ0n) is 13.4. The van der Waals surface area contributed by atoms with Crippen LogP contribution in [0.4, 0.5) is 0 Å². The van der Waals surface area contributed by atoms with E-state index in [1.165, 1.54) is 5.56 Å². The third kappa shape index (κ3) is 3.96. The molecule has 0 fully saturated rings. The van der Waals surface area contributed by atoms with E-state index in [1.807, 2.05) is 0 Å². The molecular formula is C18H27N2+. The summed E-state index contributed by atoms with van der Waals surface area (Å²) in [5.41, 5.74) is 1.81. The third-order valence-electron chi connectivity index (χ3n) is 3.56. The van der Waals surface area contributed by atoms with Crippen molar-refractivity contribution in [2.45, 2.75) is 53.1 Å². The Balaban J connectivity index is 2.12. The molecule has 0 spiro atoms. The third-order valence-corrected chi connectivity index (χ3v) is 3.56. The molecule has 108 valence electrons. The number of aromatic nitrogens is 2. The van der Waals surface area contributed by atoms with Gasteiger partial charge in [0.1, 0.15) is 24.5 Å². The zero-order valence-corrected chi connectivity index (χ0v) is 13.4. The lowest BCUT2D eigenvalue weighted by atomic mass is 9.82. The van der Waals surface area contributed by atoms with Crippen molar-refractivity contribution in [1.82, 2.24) is 4.57 Å². The van der Waals surface area contributed by atoms with E-state index in [9.17, 15) is 0 Å². The fourth-order valence-corrected chi connectivity index (χ4v) is 3.03. The summed E-state index contributed by atoms with van der Waals surface area (Å²) < 4.78 is 4.58. The minimum Gasteiger partial charge on any atom is -0.233 e. The van der Waals surface area contributed by atoms with Crippen LogP contribution in [0.3, 0.4) is 0 Å². The number of imidazole rings is 1. The van der Waals surface area contributed by atoms with Gasteiger partial charge in [0, 0.05) is 0 Å². The van der Waals surface area contributed by atoms with Crippen molar-refractivity contribution in [3.05, 3.63) is 54.6 Å². The molecule has 0 radical (unpaired) electrons. The average Bonchev–Trinajstić information content (AvgIpc) is 2.76. The molecule has 2 rings (SSSR count). The number of benzene rings is 1. The molecule has 0 unspecified atom stereocenters. The second-order valence-electron chi connectivity index (χ2n) is 7.53. The zero-order chi connectivity index (χ0) is 14.8. The van der Waals surface area contributed by atoms with E-state index in [1.54, 1.807) is 0 Å². The molecule has 2 nitrogen and oxygen atoms in total. The Morgan fingerprint density at radius 2 is 1.65 bits per heavy atom. The highest BCUT2D eigenvalue weighted by Gasteiger charge is 2.31. The Kier molecular flexibility index (Phi) is 4.03. The van der Waals surface area contributed by atoms with Gasteiger partial charge in [0.15, 0.2) is 0 Å². The molecule has 0 aliphatic rings. The SMILES string of the molecule is CC(C)(C)CC(C)(C)n1cc[n+](Cc2ccccc2)c1. The monoisotopic (exact) mass is 271 g/mol.